The molecule has 3 heterocycles. The van der Waals surface area contributed by atoms with E-state index in [0.717, 1.165) is 17.7 Å². The van der Waals surface area contributed by atoms with Gasteiger partial charge in [-0.25, -0.2) is 4.98 Å². The molecule has 5 rings (SSSR count). The summed E-state index contributed by atoms with van der Waals surface area (Å²) in [5.41, 5.74) is 0.850. The quantitative estimate of drug-likeness (QED) is 0.439. The van der Waals surface area contributed by atoms with E-state index >= 15 is 0 Å². The lowest BCUT2D eigenvalue weighted by atomic mass is 10.0. The van der Waals surface area contributed by atoms with Gasteiger partial charge in [-0.05, 0) is 48.0 Å². The zero-order chi connectivity index (χ0) is 22.3. The minimum atomic E-state index is -4.46. The Morgan fingerprint density at radius 2 is 1.75 bits per heavy atom. The summed E-state index contributed by atoms with van der Waals surface area (Å²) in [5.74, 6) is 1.19. The fraction of sp³-hybridized carbons (Fsp3) is 0.0833. The molecule has 1 aliphatic rings. The molecule has 0 fully saturated rings. The Bertz CT molecular complexity index is 1410. The Labute approximate surface area is 180 Å². The summed E-state index contributed by atoms with van der Waals surface area (Å²) in [7, 11) is 0. The summed E-state index contributed by atoms with van der Waals surface area (Å²) < 4.78 is 51.2. The number of benzene rings is 2. The van der Waals surface area contributed by atoms with Crippen LogP contribution in [0.1, 0.15) is 16.8 Å². The maximum atomic E-state index is 13.3. The smallest absolute Gasteiger partial charge is 0.416 e. The van der Waals surface area contributed by atoms with Crippen LogP contribution in [0.3, 0.4) is 0 Å². The van der Waals surface area contributed by atoms with E-state index in [2.05, 4.69) is 4.98 Å². The summed E-state index contributed by atoms with van der Waals surface area (Å²) in [4.78, 5) is 17.8. The van der Waals surface area contributed by atoms with Gasteiger partial charge in [0.2, 0.25) is 6.79 Å². The SMILES string of the molecule is O=c1c(-c2ccc(C(F)(F)F)cc2)c(C=Cc2cccc3c2OCO3)nc2ccccn12. The summed E-state index contributed by atoms with van der Waals surface area (Å²) in [5, 5.41) is 0. The van der Waals surface area contributed by atoms with Crippen LogP contribution < -0.4 is 15.0 Å². The van der Waals surface area contributed by atoms with E-state index in [-0.39, 0.29) is 17.9 Å². The molecule has 0 spiro atoms. The zero-order valence-electron chi connectivity index (χ0n) is 16.5. The molecule has 0 unspecified atom stereocenters. The highest BCUT2D eigenvalue weighted by Crippen LogP contribution is 2.36. The van der Waals surface area contributed by atoms with Crippen LogP contribution in [0.2, 0.25) is 0 Å². The first-order chi connectivity index (χ1) is 15.4. The second-order valence-corrected chi connectivity index (χ2v) is 7.10. The molecule has 8 heteroatoms. The second kappa shape index (κ2) is 7.56. The van der Waals surface area contributed by atoms with Gasteiger partial charge < -0.3 is 9.47 Å². The van der Waals surface area contributed by atoms with Gasteiger partial charge in [0, 0.05) is 11.8 Å². The Kier molecular flexibility index (Phi) is 4.70. The first kappa shape index (κ1) is 19.9. The number of hydrogen-bond acceptors (Lipinski definition) is 4. The van der Waals surface area contributed by atoms with Crippen LogP contribution in [-0.2, 0) is 6.18 Å². The number of aromatic nitrogens is 2. The van der Waals surface area contributed by atoms with Crippen molar-refractivity contribution < 1.29 is 22.6 Å². The maximum absolute atomic E-state index is 13.3. The van der Waals surface area contributed by atoms with E-state index in [1.54, 1.807) is 42.6 Å². The predicted octanol–water partition coefficient (Wildman–Crippen LogP) is 5.28. The first-order valence-corrected chi connectivity index (χ1v) is 9.67. The van der Waals surface area contributed by atoms with Crippen LogP contribution in [-0.4, -0.2) is 16.2 Å². The number of para-hydroxylation sites is 1. The van der Waals surface area contributed by atoms with Crippen LogP contribution in [0.4, 0.5) is 13.2 Å². The third-order valence-corrected chi connectivity index (χ3v) is 5.11. The van der Waals surface area contributed by atoms with E-state index in [1.807, 2.05) is 12.1 Å². The molecule has 0 atom stereocenters. The predicted molar refractivity (Wildman–Crippen MR) is 113 cm³/mol. The van der Waals surface area contributed by atoms with Gasteiger partial charge in [-0.3, -0.25) is 9.20 Å². The lowest BCUT2D eigenvalue weighted by Gasteiger charge is -2.11. The summed E-state index contributed by atoms with van der Waals surface area (Å²) >= 11 is 0. The molecule has 2 aromatic carbocycles. The van der Waals surface area contributed by atoms with Crippen LogP contribution >= 0.6 is 0 Å². The molecule has 5 nitrogen and oxygen atoms in total. The highest BCUT2D eigenvalue weighted by molar-refractivity contribution is 5.81. The molecule has 0 amide bonds. The molecule has 0 N–H and O–H groups in total. The van der Waals surface area contributed by atoms with Crippen molar-refractivity contribution >= 4 is 17.8 Å². The number of nitrogens with zero attached hydrogens (tertiary/aromatic N) is 2. The van der Waals surface area contributed by atoms with E-state index in [9.17, 15) is 18.0 Å². The average Bonchev–Trinajstić information content (AvgIpc) is 3.27. The van der Waals surface area contributed by atoms with Crippen molar-refractivity contribution in [2.24, 2.45) is 0 Å². The Hall–Kier alpha value is -4.07. The van der Waals surface area contributed by atoms with Crippen molar-refractivity contribution in [3.05, 3.63) is 94.0 Å². The highest BCUT2D eigenvalue weighted by Gasteiger charge is 2.30. The Morgan fingerprint density at radius 3 is 2.53 bits per heavy atom. The molecule has 4 aromatic rings. The number of pyridine rings is 1. The molecule has 0 aliphatic carbocycles. The van der Waals surface area contributed by atoms with Crippen molar-refractivity contribution in [1.29, 1.82) is 0 Å². The van der Waals surface area contributed by atoms with Crippen LogP contribution in [0, 0.1) is 0 Å². The topological polar surface area (TPSA) is 52.8 Å². The molecule has 2 aromatic heterocycles. The van der Waals surface area contributed by atoms with E-state index in [4.69, 9.17) is 9.47 Å². The van der Waals surface area contributed by atoms with Gasteiger partial charge in [0.1, 0.15) is 5.65 Å². The molecular formula is C24H15F3N2O3. The minimum Gasteiger partial charge on any atom is -0.454 e. The van der Waals surface area contributed by atoms with Crippen molar-refractivity contribution in [2.45, 2.75) is 6.18 Å². The average molecular weight is 436 g/mol. The third kappa shape index (κ3) is 3.49. The molecular weight excluding hydrogens is 421 g/mol. The van der Waals surface area contributed by atoms with Gasteiger partial charge in [-0.2, -0.15) is 13.2 Å². The normalized spacial score (nSPS) is 13.2. The van der Waals surface area contributed by atoms with Gasteiger partial charge in [0.05, 0.1) is 16.8 Å². The van der Waals surface area contributed by atoms with Crippen LogP contribution in [0.15, 0.2) is 71.7 Å². The number of fused-ring (bicyclic) bond motifs is 2. The lowest BCUT2D eigenvalue weighted by molar-refractivity contribution is -0.137. The number of ether oxygens (including phenoxy) is 2. The largest absolute Gasteiger partial charge is 0.454 e. The van der Waals surface area contributed by atoms with Crippen LogP contribution in [0.25, 0.3) is 28.9 Å². The molecule has 0 radical (unpaired) electrons. The molecule has 0 saturated carbocycles. The third-order valence-electron chi connectivity index (χ3n) is 5.11. The van der Waals surface area contributed by atoms with E-state index in [1.165, 1.54) is 16.5 Å². The number of alkyl halides is 3. The minimum absolute atomic E-state index is 0.118. The van der Waals surface area contributed by atoms with Crippen molar-refractivity contribution in [3.8, 4) is 22.6 Å². The molecule has 0 bridgehead atoms. The van der Waals surface area contributed by atoms with Gasteiger partial charge in [0.25, 0.3) is 5.56 Å². The first-order valence-electron chi connectivity index (χ1n) is 9.67. The number of halogens is 3. The van der Waals surface area contributed by atoms with Crippen molar-refractivity contribution in [2.75, 3.05) is 6.79 Å². The molecule has 160 valence electrons. The second-order valence-electron chi connectivity index (χ2n) is 7.10. The molecule has 0 saturated heterocycles. The maximum Gasteiger partial charge on any atom is 0.416 e. The van der Waals surface area contributed by atoms with Gasteiger partial charge in [0.15, 0.2) is 11.5 Å². The fourth-order valence-corrected chi connectivity index (χ4v) is 3.58. The standard InChI is InChI=1S/C24H15F3N2O3/c25-24(26,27)17-10-7-15(8-11-17)21-18(28-20-6-1-2-13-29(20)23(21)30)12-9-16-4-3-5-19-22(16)32-14-31-19/h1-13H,14H2. The number of rotatable bonds is 3. The molecule has 32 heavy (non-hydrogen) atoms. The van der Waals surface area contributed by atoms with E-state index in [0.29, 0.717) is 28.4 Å². The zero-order valence-corrected chi connectivity index (χ0v) is 16.5. The van der Waals surface area contributed by atoms with Gasteiger partial charge >= 0.3 is 6.18 Å². The molecule has 1 aliphatic heterocycles. The Balaban J connectivity index is 1.67. The van der Waals surface area contributed by atoms with Crippen molar-refractivity contribution in [3.63, 3.8) is 0 Å². The summed E-state index contributed by atoms with van der Waals surface area (Å²) in [6, 6.07) is 15.0. The van der Waals surface area contributed by atoms with Crippen LogP contribution in [0.5, 0.6) is 11.5 Å². The highest BCUT2D eigenvalue weighted by atomic mass is 19.4. The monoisotopic (exact) mass is 436 g/mol. The van der Waals surface area contributed by atoms with Crippen molar-refractivity contribution in [1.82, 2.24) is 9.38 Å². The summed E-state index contributed by atoms with van der Waals surface area (Å²) in [6.45, 7) is 0.118. The fourth-order valence-electron chi connectivity index (χ4n) is 3.58. The Morgan fingerprint density at radius 1 is 0.938 bits per heavy atom. The van der Waals surface area contributed by atoms with E-state index < -0.39 is 11.7 Å². The van der Waals surface area contributed by atoms with Gasteiger partial charge in [-0.15, -0.1) is 0 Å². The lowest BCUT2D eigenvalue weighted by Crippen LogP contribution is -2.18. The van der Waals surface area contributed by atoms with Gasteiger partial charge in [-0.1, -0.05) is 30.3 Å². The summed E-state index contributed by atoms with van der Waals surface area (Å²) in [6.07, 6.45) is 0.496. The number of hydrogen-bond donors (Lipinski definition) is 0.